The van der Waals surface area contributed by atoms with Crippen molar-refractivity contribution < 1.29 is 14.2 Å². The van der Waals surface area contributed by atoms with E-state index in [0.29, 0.717) is 30.4 Å². The summed E-state index contributed by atoms with van der Waals surface area (Å²) in [5.41, 5.74) is 2.13. The van der Waals surface area contributed by atoms with Crippen molar-refractivity contribution >= 4 is 33.9 Å². The number of rotatable bonds is 8. The fraction of sp³-hybridized carbons (Fsp3) is 0.360. The van der Waals surface area contributed by atoms with E-state index in [1.165, 1.54) is 0 Å². The number of benzene rings is 2. The topological polar surface area (TPSA) is 75.8 Å². The third kappa shape index (κ3) is 5.83. The average molecular weight is 468 g/mol. The Balaban J connectivity index is 1.56. The molecule has 1 saturated heterocycles. The zero-order chi connectivity index (χ0) is 23.2. The summed E-state index contributed by atoms with van der Waals surface area (Å²) in [7, 11) is 1.63. The van der Waals surface area contributed by atoms with Crippen LogP contribution in [-0.4, -0.2) is 48.0 Å². The van der Waals surface area contributed by atoms with Gasteiger partial charge in [-0.15, -0.1) is 0 Å². The standard InChI is InChI=1S/C25H29N3O4S/c1-3-31-20-8-6-19(7-9-20)26-25(33)28(16-22-5-4-12-32-22)15-18-13-17-14-21(30-2)10-11-23(17)27-24(18)29/h6-11,13-14,22H,3-5,12,15-16H2,1-2H3,(H,26,33)(H,27,29)/t22-/m1/s1. The van der Waals surface area contributed by atoms with Crippen LogP contribution < -0.4 is 20.3 Å². The van der Waals surface area contributed by atoms with Gasteiger partial charge >= 0.3 is 0 Å². The Bertz CT molecular complexity index is 1160. The molecule has 2 aromatic carbocycles. The van der Waals surface area contributed by atoms with Gasteiger partial charge in [0.05, 0.1) is 26.4 Å². The lowest BCUT2D eigenvalue weighted by Gasteiger charge is -2.28. The van der Waals surface area contributed by atoms with Crippen LogP contribution in [-0.2, 0) is 11.3 Å². The minimum atomic E-state index is -0.131. The molecule has 4 rings (SSSR count). The second kappa shape index (κ2) is 10.7. The first-order valence-corrected chi connectivity index (χ1v) is 11.6. The first kappa shape index (κ1) is 23.1. The Morgan fingerprint density at radius 3 is 2.70 bits per heavy atom. The number of anilines is 1. The highest BCUT2D eigenvalue weighted by atomic mass is 32.1. The van der Waals surface area contributed by atoms with E-state index < -0.39 is 0 Å². The van der Waals surface area contributed by atoms with E-state index in [9.17, 15) is 4.79 Å². The van der Waals surface area contributed by atoms with Gasteiger partial charge in [0.25, 0.3) is 5.56 Å². The lowest BCUT2D eigenvalue weighted by atomic mass is 10.1. The van der Waals surface area contributed by atoms with Crippen molar-refractivity contribution in [1.82, 2.24) is 9.88 Å². The van der Waals surface area contributed by atoms with Crippen molar-refractivity contribution in [3.8, 4) is 11.5 Å². The van der Waals surface area contributed by atoms with Crippen LogP contribution in [0.1, 0.15) is 25.3 Å². The van der Waals surface area contributed by atoms with E-state index in [1.807, 2.05) is 60.4 Å². The molecule has 0 saturated carbocycles. The van der Waals surface area contributed by atoms with Crippen molar-refractivity contribution in [2.45, 2.75) is 32.4 Å². The van der Waals surface area contributed by atoms with Crippen LogP contribution in [0.25, 0.3) is 10.9 Å². The Morgan fingerprint density at radius 1 is 1.21 bits per heavy atom. The molecular weight excluding hydrogens is 438 g/mol. The van der Waals surface area contributed by atoms with Gasteiger partial charge in [0.15, 0.2) is 5.11 Å². The van der Waals surface area contributed by atoms with Gasteiger partial charge in [-0.3, -0.25) is 4.79 Å². The first-order valence-electron chi connectivity index (χ1n) is 11.2. The fourth-order valence-corrected chi connectivity index (χ4v) is 4.19. The lowest BCUT2D eigenvalue weighted by Crippen LogP contribution is -2.40. The minimum absolute atomic E-state index is 0.0877. The van der Waals surface area contributed by atoms with Gasteiger partial charge in [0.1, 0.15) is 11.5 Å². The van der Waals surface area contributed by atoms with Crippen LogP contribution >= 0.6 is 12.2 Å². The van der Waals surface area contributed by atoms with Crippen LogP contribution in [0.3, 0.4) is 0 Å². The molecule has 2 heterocycles. The van der Waals surface area contributed by atoms with Crippen LogP contribution in [0.15, 0.2) is 53.3 Å². The molecule has 0 spiro atoms. The number of aromatic nitrogens is 1. The number of methoxy groups -OCH3 is 1. The van der Waals surface area contributed by atoms with E-state index >= 15 is 0 Å². The molecule has 1 aromatic heterocycles. The fourth-order valence-electron chi connectivity index (χ4n) is 3.94. The molecule has 0 radical (unpaired) electrons. The number of H-pyrrole nitrogens is 1. The number of nitrogens with zero attached hydrogens (tertiary/aromatic N) is 1. The maximum absolute atomic E-state index is 12.8. The summed E-state index contributed by atoms with van der Waals surface area (Å²) in [5.74, 6) is 1.55. The largest absolute Gasteiger partial charge is 0.497 e. The number of nitrogens with one attached hydrogen (secondary N) is 2. The number of aromatic amines is 1. The lowest BCUT2D eigenvalue weighted by molar-refractivity contribution is 0.0904. The second-order valence-corrected chi connectivity index (χ2v) is 8.37. The quantitative estimate of drug-likeness (QED) is 0.478. The smallest absolute Gasteiger partial charge is 0.253 e. The van der Waals surface area contributed by atoms with E-state index in [1.54, 1.807) is 7.11 Å². The van der Waals surface area contributed by atoms with Gasteiger partial charge in [-0.05, 0) is 80.5 Å². The average Bonchev–Trinajstić information content (AvgIpc) is 3.33. The Morgan fingerprint density at radius 2 is 2.00 bits per heavy atom. The number of pyridine rings is 1. The monoisotopic (exact) mass is 467 g/mol. The summed E-state index contributed by atoms with van der Waals surface area (Å²) in [6.07, 6.45) is 2.10. The summed E-state index contributed by atoms with van der Waals surface area (Å²) in [6, 6.07) is 15.2. The van der Waals surface area contributed by atoms with Gasteiger partial charge in [-0.25, -0.2) is 0 Å². The molecule has 1 fully saturated rings. The molecule has 0 amide bonds. The van der Waals surface area contributed by atoms with E-state index in [-0.39, 0.29) is 11.7 Å². The van der Waals surface area contributed by atoms with Crippen molar-refractivity contribution in [3.05, 3.63) is 64.4 Å². The molecule has 1 aliphatic rings. The number of thiocarbonyl (C=S) groups is 1. The summed E-state index contributed by atoms with van der Waals surface area (Å²) in [6.45, 7) is 4.30. The third-order valence-electron chi connectivity index (χ3n) is 5.64. The predicted molar refractivity (Wildman–Crippen MR) is 134 cm³/mol. The van der Waals surface area contributed by atoms with Crippen molar-refractivity contribution in [2.24, 2.45) is 0 Å². The highest BCUT2D eigenvalue weighted by Crippen LogP contribution is 2.21. The highest BCUT2D eigenvalue weighted by molar-refractivity contribution is 7.80. The molecule has 1 atom stereocenters. The number of ether oxygens (including phenoxy) is 3. The SMILES string of the molecule is CCOc1ccc(NC(=S)N(Cc2cc3cc(OC)ccc3[nH]c2=O)C[C@H]2CCCO2)cc1. The van der Waals surface area contributed by atoms with Crippen molar-refractivity contribution in [1.29, 1.82) is 0 Å². The summed E-state index contributed by atoms with van der Waals surface area (Å²) in [5, 5.41) is 4.74. The first-order chi connectivity index (χ1) is 16.1. The highest BCUT2D eigenvalue weighted by Gasteiger charge is 2.22. The van der Waals surface area contributed by atoms with E-state index in [0.717, 1.165) is 47.5 Å². The summed E-state index contributed by atoms with van der Waals surface area (Å²) >= 11 is 5.75. The molecule has 33 heavy (non-hydrogen) atoms. The van der Waals surface area contributed by atoms with E-state index in [2.05, 4.69) is 10.3 Å². The molecule has 174 valence electrons. The number of fused-ring (bicyclic) bond motifs is 1. The summed E-state index contributed by atoms with van der Waals surface area (Å²) < 4.78 is 16.7. The Hall–Kier alpha value is -3.10. The molecule has 0 unspecified atom stereocenters. The third-order valence-corrected chi connectivity index (χ3v) is 6.00. The molecule has 3 aromatic rings. The van der Waals surface area contributed by atoms with Gasteiger partial charge in [0.2, 0.25) is 0 Å². The second-order valence-electron chi connectivity index (χ2n) is 7.98. The Labute approximate surface area is 198 Å². The van der Waals surface area contributed by atoms with Crippen molar-refractivity contribution in [2.75, 3.05) is 32.2 Å². The van der Waals surface area contributed by atoms with Crippen molar-refractivity contribution in [3.63, 3.8) is 0 Å². The molecule has 0 bridgehead atoms. The molecule has 0 aliphatic carbocycles. The minimum Gasteiger partial charge on any atom is -0.497 e. The normalized spacial score (nSPS) is 15.4. The predicted octanol–water partition coefficient (Wildman–Crippen LogP) is 4.31. The molecular formula is C25H29N3O4S. The number of hydrogen-bond acceptors (Lipinski definition) is 5. The molecule has 1 aliphatic heterocycles. The number of hydrogen-bond donors (Lipinski definition) is 2. The van der Waals surface area contributed by atoms with Crippen LogP contribution in [0.2, 0.25) is 0 Å². The van der Waals surface area contributed by atoms with Crippen LogP contribution in [0, 0.1) is 0 Å². The molecule has 8 heteroatoms. The molecule has 2 N–H and O–H groups in total. The van der Waals surface area contributed by atoms with Gasteiger partial charge < -0.3 is 29.4 Å². The van der Waals surface area contributed by atoms with Gasteiger partial charge in [0, 0.05) is 35.3 Å². The Kier molecular flexibility index (Phi) is 7.47. The maximum Gasteiger partial charge on any atom is 0.253 e. The van der Waals surface area contributed by atoms with Gasteiger partial charge in [-0.1, -0.05) is 0 Å². The zero-order valence-corrected chi connectivity index (χ0v) is 19.7. The van der Waals surface area contributed by atoms with Crippen LogP contribution in [0.4, 0.5) is 5.69 Å². The molecule has 7 nitrogen and oxygen atoms in total. The summed E-state index contributed by atoms with van der Waals surface area (Å²) in [4.78, 5) is 17.8. The van der Waals surface area contributed by atoms with E-state index in [4.69, 9.17) is 26.4 Å². The zero-order valence-electron chi connectivity index (χ0n) is 18.9. The van der Waals surface area contributed by atoms with Gasteiger partial charge in [-0.2, -0.15) is 0 Å². The maximum atomic E-state index is 12.8. The van der Waals surface area contributed by atoms with Crippen LogP contribution in [0.5, 0.6) is 11.5 Å².